The molecule has 5 heteroatoms. The van der Waals surface area contributed by atoms with Crippen molar-refractivity contribution in [3.8, 4) is 5.69 Å². The predicted octanol–water partition coefficient (Wildman–Crippen LogP) is 4.14. The smallest absolute Gasteiger partial charge is 0.158 e. The second-order valence-corrected chi connectivity index (χ2v) is 8.35. The monoisotopic (exact) mass is 362 g/mol. The van der Waals surface area contributed by atoms with Gasteiger partial charge in [0.25, 0.3) is 0 Å². The molecular weight excluding hydrogens is 344 g/mol. The second-order valence-electron chi connectivity index (χ2n) is 6.29. The summed E-state index contributed by atoms with van der Waals surface area (Å²) >= 11 is 0. The number of sulfone groups is 1. The van der Waals surface area contributed by atoms with Gasteiger partial charge in [0.1, 0.15) is 0 Å². The summed E-state index contributed by atoms with van der Waals surface area (Å²) in [5.74, 6) is 0.0604. The Morgan fingerprint density at radius 2 is 1.58 bits per heavy atom. The first-order valence-corrected chi connectivity index (χ1v) is 10.2. The quantitative estimate of drug-likeness (QED) is 0.536. The Labute approximate surface area is 152 Å². The van der Waals surface area contributed by atoms with E-state index in [1.54, 1.807) is 10.9 Å². The lowest BCUT2D eigenvalue weighted by atomic mass is 10.1. The lowest BCUT2D eigenvalue weighted by molar-refractivity contribution is 0.594. The Balaban J connectivity index is 1.55. The number of aromatic nitrogens is 2. The zero-order valence-corrected chi connectivity index (χ0v) is 14.9. The van der Waals surface area contributed by atoms with E-state index in [1.807, 2.05) is 79.0 Å². The summed E-state index contributed by atoms with van der Waals surface area (Å²) in [6, 6.07) is 23.0. The van der Waals surface area contributed by atoms with E-state index < -0.39 is 9.84 Å². The molecule has 4 rings (SSSR count). The molecule has 0 aliphatic carbocycles. The fourth-order valence-electron chi connectivity index (χ4n) is 3.13. The molecule has 3 aromatic carbocycles. The summed E-state index contributed by atoms with van der Waals surface area (Å²) in [5.41, 5.74) is 2.53. The van der Waals surface area contributed by atoms with Crippen LogP contribution in [-0.4, -0.2) is 18.2 Å². The van der Waals surface area contributed by atoms with E-state index in [4.69, 9.17) is 0 Å². The maximum absolute atomic E-state index is 12.7. The third-order valence-corrected chi connectivity index (χ3v) is 5.87. The lowest BCUT2D eigenvalue weighted by Crippen LogP contribution is -2.08. The molecule has 0 amide bonds. The molecule has 1 aromatic heterocycles. The van der Waals surface area contributed by atoms with Gasteiger partial charge in [-0.05, 0) is 40.1 Å². The van der Waals surface area contributed by atoms with Gasteiger partial charge < -0.3 is 0 Å². The van der Waals surface area contributed by atoms with Crippen LogP contribution in [0.4, 0.5) is 0 Å². The van der Waals surface area contributed by atoms with Crippen molar-refractivity contribution in [2.24, 2.45) is 0 Å². The number of benzene rings is 3. The van der Waals surface area contributed by atoms with Gasteiger partial charge in [-0.2, -0.15) is 5.10 Å². The summed E-state index contributed by atoms with van der Waals surface area (Å²) in [4.78, 5) is 0. The minimum atomic E-state index is -3.27. The minimum absolute atomic E-state index is 0.0234. The van der Waals surface area contributed by atoms with Crippen molar-refractivity contribution in [3.63, 3.8) is 0 Å². The van der Waals surface area contributed by atoms with Crippen molar-refractivity contribution < 1.29 is 8.42 Å². The summed E-state index contributed by atoms with van der Waals surface area (Å²) < 4.78 is 27.2. The van der Waals surface area contributed by atoms with Crippen LogP contribution in [0.15, 0.2) is 85.2 Å². The number of fused-ring (bicyclic) bond motifs is 1. The van der Waals surface area contributed by atoms with Crippen LogP contribution in [-0.2, 0) is 21.3 Å². The van der Waals surface area contributed by atoms with E-state index in [2.05, 4.69) is 5.10 Å². The molecule has 0 aliphatic heterocycles. The van der Waals surface area contributed by atoms with E-state index in [0.29, 0.717) is 0 Å². The van der Waals surface area contributed by atoms with Crippen LogP contribution in [0.2, 0.25) is 0 Å². The molecular formula is C21H18N2O2S. The van der Waals surface area contributed by atoms with Crippen molar-refractivity contribution >= 4 is 20.6 Å². The van der Waals surface area contributed by atoms with Gasteiger partial charge >= 0.3 is 0 Å². The van der Waals surface area contributed by atoms with Crippen LogP contribution in [0.3, 0.4) is 0 Å². The van der Waals surface area contributed by atoms with Gasteiger partial charge in [0.2, 0.25) is 0 Å². The van der Waals surface area contributed by atoms with Gasteiger partial charge in [-0.15, -0.1) is 0 Å². The van der Waals surface area contributed by atoms with Crippen LogP contribution < -0.4 is 0 Å². The Morgan fingerprint density at radius 3 is 2.35 bits per heavy atom. The molecule has 130 valence electrons. The topological polar surface area (TPSA) is 52.0 Å². The van der Waals surface area contributed by atoms with Crippen molar-refractivity contribution in [2.45, 2.75) is 11.5 Å². The zero-order valence-electron chi connectivity index (χ0n) is 14.1. The van der Waals surface area contributed by atoms with Crippen molar-refractivity contribution in [1.29, 1.82) is 0 Å². The van der Waals surface area contributed by atoms with E-state index in [0.717, 1.165) is 27.6 Å². The second kappa shape index (κ2) is 6.77. The highest BCUT2D eigenvalue weighted by molar-refractivity contribution is 7.89. The van der Waals surface area contributed by atoms with Gasteiger partial charge in [-0.1, -0.05) is 54.6 Å². The van der Waals surface area contributed by atoms with Crippen molar-refractivity contribution in [2.75, 3.05) is 0 Å². The predicted molar refractivity (Wildman–Crippen MR) is 104 cm³/mol. The maximum Gasteiger partial charge on any atom is 0.158 e. The summed E-state index contributed by atoms with van der Waals surface area (Å²) in [7, 11) is -3.27. The first kappa shape index (κ1) is 16.5. The van der Waals surface area contributed by atoms with Gasteiger partial charge in [-0.25, -0.2) is 13.1 Å². The molecule has 0 atom stereocenters. The molecule has 0 unspecified atom stereocenters. The van der Waals surface area contributed by atoms with E-state index in [1.165, 1.54) is 0 Å². The Bertz CT molecular complexity index is 1130. The van der Waals surface area contributed by atoms with Crippen molar-refractivity contribution in [1.82, 2.24) is 9.78 Å². The molecule has 0 N–H and O–H groups in total. The number of rotatable bonds is 5. The molecule has 0 bridgehead atoms. The summed E-state index contributed by atoms with van der Waals surface area (Å²) in [5, 5.41) is 6.23. The first-order valence-electron chi connectivity index (χ1n) is 8.37. The third-order valence-electron chi connectivity index (χ3n) is 4.35. The highest BCUT2D eigenvalue weighted by atomic mass is 32.2. The van der Waals surface area contributed by atoms with Gasteiger partial charge in [-0.3, -0.25) is 0 Å². The van der Waals surface area contributed by atoms with E-state index in [9.17, 15) is 8.42 Å². The third kappa shape index (κ3) is 3.53. The molecule has 0 saturated carbocycles. The number of hydrogen-bond acceptors (Lipinski definition) is 3. The molecule has 1 heterocycles. The molecule has 0 spiro atoms. The molecule has 0 radical (unpaired) electrons. The summed E-state index contributed by atoms with van der Waals surface area (Å²) in [6.07, 6.45) is 3.56. The van der Waals surface area contributed by atoms with E-state index in [-0.39, 0.29) is 11.5 Å². The molecule has 4 nitrogen and oxygen atoms in total. The van der Waals surface area contributed by atoms with E-state index >= 15 is 0 Å². The Kier molecular flexibility index (Phi) is 4.31. The largest absolute Gasteiger partial charge is 0.241 e. The highest BCUT2D eigenvalue weighted by Crippen LogP contribution is 2.22. The fraction of sp³-hybridized carbons (Fsp3) is 0.0952. The van der Waals surface area contributed by atoms with Gasteiger partial charge in [0.05, 0.1) is 17.2 Å². The van der Waals surface area contributed by atoms with Crippen molar-refractivity contribution in [3.05, 3.63) is 96.3 Å². The molecule has 0 aliphatic rings. The minimum Gasteiger partial charge on any atom is -0.241 e. The zero-order chi connectivity index (χ0) is 18.0. The van der Waals surface area contributed by atoms with Crippen LogP contribution in [0.25, 0.3) is 16.5 Å². The molecule has 0 fully saturated rings. The van der Waals surface area contributed by atoms with Crippen LogP contribution in [0, 0.1) is 0 Å². The Hall–Kier alpha value is -2.92. The molecule has 4 aromatic rings. The summed E-state index contributed by atoms with van der Waals surface area (Å²) in [6.45, 7) is 0. The maximum atomic E-state index is 12.7. The van der Waals surface area contributed by atoms with Gasteiger partial charge in [0.15, 0.2) is 9.84 Å². The normalized spacial score (nSPS) is 11.7. The molecule has 26 heavy (non-hydrogen) atoms. The fourth-order valence-corrected chi connectivity index (χ4v) is 4.65. The first-order chi connectivity index (χ1) is 12.6. The SMILES string of the molecule is O=S(=O)(Cc1ccc(-n2cccn2)cc1)Cc1cccc2ccccc12. The van der Waals surface area contributed by atoms with Gasteiger partial charge in [0, 0.05) is 12.4 Å². The van der Waals surface area contributed by atoms with Crippen LogP contribution in [0.1, 0.15) is 11.1 Å². The van der Waals surface area contributed by atoms with Crippen LogP contribution in [0.5, 0.6) is 0 Å². The average Bonchev–Trinajstić information content (AvgIpc) is 3.17. The lowest BCUT2D eigenvalue weighted by Gasteiger charge is -2.09. The Morgan fingerprint density at radius 1 is 0.808 bits per heavy atom. The highest BCUT2D eigenvalue weighted by Gasteiger charge is 2.15. The molecule has 0 saturated heterocycles. The number of nitrogens with zero attached hydrogens (tertiary/aromatic N) is 2. The standard InChI is InChI=1S/C21H18N2O2S/c24-26(25,16-19-7-3-6-18-5-1-2-8-21(18)19)15-17-9-11-20(12-10-17)23-14-4-13-22-23/h1-14H,15-16H2. The average molecular weight is 362 g/mol. The van der Waals surface area contributed by atoms with Crippen LogP contribution >= 0.6 is 0 Å². The number of hydrogen-bond donors (Lipinski definition) is 0.